The van der Waals surface area contributed by atoms with E-state index in [1.807, 2.05) is 0 Å². The standard InChI is InChI=1S/C14H19N3O5/c1-14(2,3)22-13(19)16-11(12(15)18)8-9-4-6-10(7-5-9)17(20)21/h4-7,11H,8H2,1-3H3,(H2,15,18)(H,16,19)/t11-/m0/s1. The first-order valence-corrected chi connectivity index (χ1v) is 6.60. The van der Waals surface area contributed by atoms with Crippen molar-refractivity contribution in [3.05, 3.63) is 39.9 Å². The summed E-state index contributed by atoms with van der Waals surface area (Å²) >= 11 is 0. The number of ether oxygens (including phenoxy) is 1. The zero-order valence-electron chi connectivity index (χ0n) is 12.7. The summed E-state index contributed by atoms with van der Waals surface area (Å²) in [4.78, 5) is 33.2. The minimum absolute atomic E-state index is 0.0560. The molecule has 0 aliphatic heterocycles. The Morgan fingerprint density at radius 3 is 2.27 bits per heavy atom. The van der Waals surface area contributed by atoms with Crippen molar-refractivity contribution in [2.75, 3.05) is 0 Å². The lowest BCUT2D eigenvalue weighted by Gasteiger charge is -2.22. The molecule has 0 aliphatic carbocycles. The van der Waals surface area contributed by atoms with Crippen molar-refractivity contribution in [1.29, 1.82) is 0 Å². The number of non-ortho nitro benzene ring substituents is 1. The lowest BCUT2D eigenvalue weighted by Crippen LogP contribution is -2.47. The van der Waals surface area contributed by atoms with Gasteiger partial charge in [0, 0.05) is 18.6 Å². The van der Waals surface area contributed by atoms with E-state index in [0.29, 0.717) is 5.56 Å². The molecule has 1 atom stereocenters. The van der Waals surface area contributed by atoms with Crippen LogP contribution in [-0.4, -0.2) is 28.6 Å². The Kier molecular flexibility index (Phi) is 5.44. The summed E-state index contributed by atoms with van der Waals surface area (Å²) in [6.07, 6.45) is -0.634. The van der Waals surface area contributed by atoms with Crippen molar-refractivity contribution < 1.29 is 19.2 Å². The number of hydrogen-bond acceptors (Lipinski definition) is 5. The highest BCUT2D eigenvalue weighted by molar-refractivity contribution is 5.84. The molecule has 0 aromatic heterocycles. The van der Waals surface area contributed by atoms with Crippen molar-refractivity contribution in [3.63, 3.8) is 0 Å². The third-order valence-electron chi connectivity index (χ3n) is 2.62. The SMILES string of the molecule is CC(C)(C)OC(=O)N[C@@H](Cc1ccc([N+](=O)[O-])cc1)C(N)=O. The van der Waals surface area contributed by atoms with E-state index in [9.17, 15) is 19.7 Å². The van der Waals surface area contributed by atoms with Crippen molar-refractivity contribution in [1.82, 2.24) is 5.32 Å². The third kappa shape index (κ3) is 5.78. The Bertz CT molecular complexity index is 563. The van der Waals surface area contributed by atoms with Crippen molar-refractivity contribution in [2.45, 2.75) is 38.8 Å². The zero-order valence-corrected chi connectivity index (χ0v) is 12.7. The molecule has 0 heterocycles. The Balaban J connectivity index is 2.74. The molecule has 8 nitrogen and oxygen atoms in total. The van der Waals surface area contributed by atoms with Crippen molar-refractivity contribution >= 4 is 17.7 Å². The topological polar surface area (TPSA) is 125 Å². The fourth-order valence-electron chi connectivity index (χ4n) is 1.66. The van der Waals surface area contributed by atoms with Gasteiger partial charge >= 0.3 is 6.09 Å². The Morgan fingerprint density at radius 2 is 1.86 bits per heavy atom. The summed E-state index contributed by atoms with van der Waals surface area (Å²) in [5.41, 5.74) is 5.14. The molecule has 3 N–H and O–H groups in total. The van der Waals surface area contributed by atoms with Crippen LogP contribution in [0.1, 0.15) is 26.3 Å². The Morgan fingerprint density at radius 1 is 1.32 bits per heavy atom. The van der Waals surface area contributed by atoms with Gasteiger partial charge in [-0.15, -0.1) is 0 Å². The molecule has 0 saturated heterocycles. The van der Waals surface area contributed by atoms with Crippen LogP contribution in [0.3, 0.4) is 0 Å². The molecule has 1 aromatic carbocycles. The number of amides is 2. The summed E-state index contributed by atoms with van der Waals surface area (Å²) in [7, 11) is 0. The fraction of sp³-hybridized carbons (Fsp3) is 0.429. The summed E-state index contributed by atoms with van der Waals surface area (Å²) in [5.74, 6) is -0.718. The van der Waals surface area contributed by atoms with Crippen LogP contribution >= 0.6 is 0 Å². The molecule has 1 rings (SSSR count). The second-order valence-electron chi connectivity index (χ2n) is 5.73. The molecule has 0 saturated carbocycles. The van der Waals surface area contributed by atoms with E-state index in [0.717, 1.165) is 0 Å². The van der Waals surface area contributed by atoms with E-state index in [4.69, 9.17) is 10.5 Å². The van der Waals surface area contributed by atoms with Crippen molar-refractivity contribution in [3.8, 4) is 0 Å². The number of nitrogens with one attached hydrogen (secondary N) is 1. The van der Waals surface area contributed by atoms with Gasteiger partial charge in [-0.25, -0.2) is 4.79 Å². The lowest BCUT2D eigenvalue weighted by atomic mass is 10.1. The second-order valence-corrected chi connectivity index (χ2v) is 5.73. The van der Waals surface area contributed by atoms with Gasteiger partial charge in [0.25, 0.3) is 5.69 Å². The number of nitrogens with zero attached hydrogens (tertiary/aromatic N) is 1. The molecule has 2 amide bonds. The van der Waals surface area contributed by atoms with E-state index < -0.39 is 28.6 Å². The first kappa shape index (κ1) is 17.4. The van der Waals surface area contributed by atoms with Gasteiger partial charge in [0.1, 0.15) is 11.6 Å². The highest BCUT2D eigenvalue weighted by Crippen LogP contribution is 2.13. The second kappa shape index (κ2) is 6.88. The quantitative estimate of drug-likeness (QED) is 0.630. The van der Waals surface area contributed by atoms with Gasteiger partial charge < -0.3 is 15.8 Å². The molecular formula is C14H19N3O5. The number of benzene rings is 1. The minimum atomic E-state index is -0.962. The van der Waals surface area contributed by atoms with Gasteiger partial charge in [-0.2, -0.15) is 0 Å². The zero-order chi connectivity index (χ0) is 16.9. The van der Waals surface area contributed by atoms with E-state index in [2.05, 4.69) is 5.32 Å². The first-order valence-electron chi connectivity index (χ1n) is 6.60. The summed E-state index contributed by atoms with van der Waals surface area (Å²) < 4.78 is 5.06. The molecule has 0 fully saturated rings. The Labute approximate surface area is 127 Å². The van der Waals surface area contributed by atoms with Gasteiger partial charge in [0.05, 0.1) is 4.92 Å². The molecule has 1 aromatic rings. The van der Waals surface area contributed by atoms with Gasteiger partial charge in [-0.05, 0) is 26.3 Å². The summed E-state index contributed by atoms with van der Waals surface area (Å²) in [6, 6.07) is 4.69. The number of carbonyl (C=O) groups excluding carboxylic acids is 2. The monoisotopic (exact) mass is 309 g/mol. The van der Waals surface area contributed by atoms with Crippen LogP contribution < -0.4 is 11.1 Å². The molecule has 22 heavy (non-hydrogen) atoms. The van der Waals surface area contributed by atoms with Crippen LogP contribution in [0, 0.1) is 10.1 Å². The molecule has 8 heteroatoms. The molecule has 0 spiro atoms. The summed E-state index contributed by atoms with van der Waals surface area (Å²) in [6.45, 7) is 5.09. The predicted molar refractivity (Wildman–Crippen MR) is 79.2 cm³/mol. The summed E-state index contributed by atoms with van der Waals surface area (Å²) in [5, 5.41) is 13.0. The lowest BCUT2D eigenvalue weighted by molar-refractivity contribution is -0.384. The molecule has 0 aliphatic rings. The number of nitro benzene ring substituents is 1. The number of nitro groups is 1. The third-order valence-corrected chi connectivity index (χ3v) is 2.62. The Hall–Kier alpha value is -2.64. The van der Waals surface area contributed by atoms with Crippen molar-refractivity contribution in [2.24, 2.45) is 5.73 Å². The molecule has 0 bridgehead atoms. The number of primary amides is 1. The van der Waals surface area contributed by atoms with Crippen LogP contribution in [0.25, 0.3) is 0 Å². The van der Waals surface area contributed by atoms with Gasteiger partial charge in [0.15, 0.2) is 0 Å². The molecule has 0 radical (unpaired) electrons. The number of nitrogens with two attached hydrogens (primary N) is 1. The number of carbonyl (C=O) groups is 2. The van der Waals surface area contributed by atoms with Crippen LogP contribution in [0.4, 0.5) is 10.5 Å². The molecular weight excluding hydrogens is 290 g/mol. The largest absolute Gasteiger partial charge is 0.444 e. The molecule has 120 valence electrons. The van der Waals surface area contributed by atoms with Crippen LogP contribution in [0.2, 0.25) is 0 Å². The predicted octanol–water partition coefficient (Wildman–Crippen LogP) is 1.52. The van der Waals surface area contributed by atoms with E-state index in [1.165, 1.54) is 24.3 Å². The highest BCUT2D eigenvalue weighted by atomic mass is 16.6. The number of alkyl carbamates (subject to hydrolysis) is 1. The van der Waals surface area contributed by atoms with Gasteiger partial charge in [0.2, 0.25) is 5.91 Å². The number of hydrogen-bond donors (Lipinski definition) is 2. The maximum Gasteiger partial charge on any atom is 0.408 e. The fourth-order valence-corrected chi connectivity index (χ4v) is 1.66. The maximum atomic E-state index is 11.7. The maximum absolute atomic E-state index is 11.7. The van der Waals surface area contributed by atoms with E-state index >= 15 is 0 Å². The first-order chi connectivity index (χ1) is 10.1. The van der Waals surface area contributed by atoms with E-state index in [-0.39, 0.29) is 12.1 Å². The average molecular weight is 309 g/mol. The van der Waals surface area contributed by atoms with Crippen LogP contribution in [0.5, 0.6) is 0 Å². The van der Waals surface area contributed by atoms with E-state index in [1.54, 1.807) is 20.8 Å². The number of rotatable bonds is 5. The van der Waals surface area contributed by atoms with Gasteiger partial charge in [-0.1, -0.05) is 12.1 Å². The molecule has 0 unspecified atom stereocenters. The van der Waals surface area contributed by atoms with Crippen LogP contribution in [0.15, 0.2) is 24.3 Å². The normalized spacial score (nSPS) is 12.3. The minimum Gasteiger partial charge on any atom is -0.444 e. The van der Waals surface area contributed by atoms with Gasteiger partial charge in [-0.3, -0.25) is 14.9 Å². The van der Waals surface area contributed by atoms with Crippen LogP contribution in [-0.2, 0) is 16.0 Å². The smallest absolute Gasteiger partial charge is 0.408 e. The highest BCUT2D eigenvalue weighted by Gasteiger charge is 2.23. The average Bonchev–Trinajstić information content (AvgIpc) is 2.36.